The summed E-state index contributed by atoms with van der Waals surface area (Å²) in [6, 6.07) is 19.5. The Morgan fingerprint density at radius 3 is 2.69 bits per heavy atom. The second-order valence-corrected chi connectivity index (χ2v) is 6.80. The molecule has 0 radical (unpaired) electrons. The van der Waals surface area contributed by atoms with Gasteiger partial charge in [-0.2, -0.15) is 0 Å². The first kappa shape index (κ1) is 16.7. The van der Waals surface area contributed by atoms with Crippen molar-refractivity contribution in [3.05, 3.63) is 83.1 Å². The number of aromatic nitrogens is 1. The number of benzene rings is 2. The van der Waals surface area contributed by atoms with Crippen LogP contribution in [-0.4, -0.2) is 15.5 Å². The normalized spacial score (nSPS) is 15.8. The van der Waals surface area contributed by atoms with Crippen molar-refractivity contribution in [3.8, 4) is 5.69 Å². The highest BCUT2D eigenvalue weighted by Gasteiger charge is 2.30. The van der Waals surface area contributed by atoms with Gasteiger partial charge in [-0.1, -0.05) is 48.9 Å². The van der Waals surface area contributed by atoms with Gasteiger partial charge < -0.3 is 14.8 Å². The molecular weight excluding hydrogens is 346 g/mol. The number of hydrogen-bond donors (Lipinski definition) is 1. The fourth-order valence-electron chi connectivity index (χ4n) is 3.61. The van der Waals surface area contributed by atoms with E-state index in [2.05, 4.69) is 41.2 Å². The van der Waals surface area contributed by atoms with Crippen LogP contribution in [0.15, 0.2) is 66.9 Å². The van der Waals surface area contributed by atoms with E-state index in [1.807, 2.05) is 41.3 Å². The van der Waals surface area contributed by atoms with E-state index in [1.165, 1.54) is 0 Å². The van der Waals surface area contributed by atoms with Crippen LogP contribution in [0.25, 0.3) is 5.69 Å². The monoisotopic (exact) mass is 365 g/mol. The summed E-state index contributed by atoms with van der Waals surface area (Å²) in [5.74, 6) is 0. The van der Waals surface area contributed by atoms with Gasteiger partial charge >= 0.3 is 6.03 Å². The predicted octanol–water partition coefficient (Wildman–Crippen LogP) is 5.63. The molecule has 2 amide bonds. The minimum absolute atomic E-state index is 0.0140. The standard InChI is InChI=1S/C21H20ClN3O/c1-2-18-20-12-7-13-24(20)19-11-6-3-8-15(19)14-25(18)21(26)23-17-10-5-4-9-16(17)22/h3-13,18H,2,14H2,1H3,(H,23,26). The third-order valence-corrected chi connectivity index (χ3v) is 5.18. The van der Waals surface area contributed by atoms with E-state index in [-0.39, 0.29) is 12.1 Å². The minimum atomic E-state index is -0.144. The number of carbonyl (C=O) groups excluding carboxylic acids is 1. The summed E-state index contributed by atoms with van der Waals surface area (Å²) in [6.07, 6.45) is 2.89. The molecular formula is C21H20ClN3O. The van der Waals surface area contributed by atoms with Crippen LogP contribution in [0.3, 0.4) is 0 Å². The van der Waals surface area contributed by atoms with E-state index < -0.39 is 0 Å². The van der Waals surface area contributed by atoms with E-state index in [4.69, 9.17) is 11.6 Å². The molecule has 3 aromatic rings. The lowest BCUT2D eigenvalue weighted by Crippen LogP contribution is -2.37. The molecule has 26 heavy (non-hydrogen) atoms. The fourth-order valence-corrected chi connectivity index (χ4v) is 3.79. The largest absolute Gasteiger partial charge is 0.322 e. The average Bonchev–Trinajstić information content (AvgIpc) is 3.08. The van der Waals surface area contributed by atoms with Gasteiger partial charge in [0, 0.05) is 11.9 Å². The van der Waals surface area contributed by atoms with Crippen molar-refractivity contribution in [3.63, 3.8) is 0 Å². The number of amides is 2. The summed E-state index contributed by atoms with van der Waals surface area (Å²) in [6.45, 7) is 2.65. The molecule has 2 heterocycles. The molecule has 0 fully saturated rings. The molecule has 4 rings (SSSR count). The van der Waals surface area contributed by atoms with E-state index >= 15 is 0 Å². The van der Waals surface area contributed by atoms with Crippen LogP contribution in [0.1, 0.15) is 30.6 Å². The Labute approximate surface area is 158 Å². The molecule has 1 aliphatic heterocycles. The number of urea groups is 1. The summed E-state index contributed by atoms with van der Waals surface area (Å²) in [4.78, 5) is 15.0. The maximum atomic E-state index is 13.1. The van der Waals surface area contributed by atoms with Gasteiger partial charge in [-0.15, -0.1) is 0 Å². The van der Waals surface area contributed by atoms with Crippen LogP contribution in [-0.2, 0) is 6.54 Å². The molecule has 5 heteroatoms. The van der Waals surface area contributed by atoms with Gasteiger partial charge in [0.1, 0.15) is 0 Å². The molecule has 0 bridgehead atoms. The Balaban J connectivity index is 1.74. The van der Waals surface area contributed by atoms with Crippen LogP contribution in [0.5, 0.6) is 0 Å². The maximum absolute atomic E-state index is 13.1. The van der Waals surface area contributed by atoms with Crippen LogP contribution in [0.2, 0.25) is 5.02 Å². The maximum Gasteiger partial charge on any atom is 0.322 e. The van der Waals surface area contributed by atoms with Gasteiger partial charge in [-0.05, 0) is 42.3 Å². The first-order chi connectivity index (χ1) is 12.7. The molecule has 0 spiro atoms. The van der Waals surface area contributed by atoms with Crippen molar-refractivity contribution in [1.82, 2.24) is 9.47 Å². The first-order valence-corrected chi connectivity index (χ1v) is 9.14. The SMILES string of the molecule is CCC1c2cccn2-c2ccccc2CN1C(=O)Nc1ccccc1Cl. The van der Waals surface area contributed by atoms with Gasteiger partial charge in [0.05, 0.1) is 29.0 Å². The quantitative estimate of drug-likeness (QED) is 0.627. The molecule has 4 nitrogen and oxygen atoms in total. The molecule has 1 aromatic heterocycles. The summed E-state index contributed by atoms with van der Waals surface area (Å²) >= 11 is 6.22. The van der Waals surface area contributed by atoms with E-state index in [0.717, 1.165) is 23.4 Å². The first-order valence-electron chi connectivity index (χ1n) is 8.76. The highest BCUT2D eigenvalue weighted by Crippen LogP contribution is 2.34. The number of anilines is 1. The van der Waals surface area contributed by atoms with Crippen molar-refractivity contribution < 1.29 is 4.79 Å². The summed E-state index contributed by atoms with van der Waals surface area (Å²) < 4.78 is 2.19. The number of para-hydroxylation sites is 2. The van der Waals surface area contributed by atoms with E-state index in [1.54, 1.807) is 6.07 Å². The molecule has 1 aliphatic rings. The summed E-state index contributed by atoms with van der Waals surface area (Å²) in [5, 5.41) is 3.51. The smallest absolute Gasteiger partial charge is 0.318 e. The van der Waals surface area contributed by atoms with Crippen LogP contribution < -0.4 is 5.32 Å². The zero-order valence-corrected chi connectivity index (χ0v) is 15.3. The van der Waals surface area contributed by atoms with Crippen molar-refractivity contribution in [1.29, 1.82) is 0 Å². The van der Waals surface area contributed by atoms with Gasteiger partial charge in [-0.25, -0.2) is 4.79 Å². The fraction of sp³-hybridized carbons (Fsp3) is 0.190. The van der Waals surface area contributed by atoms with Crippen LogP contribution in [0.4, 0.5) is 10.5 Å². The Bertz CT molecular complexity index is 950. The number of rotatable bonds is 2. The van der Waals surface area contributed by atoms with Crippen molar-refractivity contribution in [2.24, 2.45) is 0 Å². The number of nitrogens with one attached hydrogen (secondary N) is 1. The highest BCUT2D eigenvalue weighted by molar-refractivity contribution is 6.33. The number of carbonyl (C=O) groups is 1. The Hall–Kier alpha value is -2.72. The predicted molar refractivity (Wildman–Crippen MR) is 105 cm³/mol. The minimum Gasteiger partial charge on any atom is -0.318 e. The number of hydrogen-bond acceptors (Lipinski definition) is 1. The molecule has 1 N–H and O–H groups in total. The van der Waals surface area contributed by atoms with Crippen molar-refractivity contribution >= 4 is 23.3 Å². The topological polar surface area (TPSA) is 37.3 Å². The Morgan fingerprint density at radius 2 is 1.88 bits per heavy atom. The zero-order valence-electron chi connectivity index (χ0n) is 14.5. The number of nitrogens with zero attached hydrogens (tertiary/aromatic N) is 2. The molecule has 132 valence electrons. The van der Waals surface area contributed by atoms with Gasteiger partial charge in [0.2, 0.25) is 0 Å². The van der Waals surface area contributed by atoms with Crippen molar-refractivity contribution in [2.75, 3.05) is 5.32 Å². The zero-order chi connectivity index (χ0) is 18.1. The average molecular weight is 366 g/mol. The number of fused-ring (bicyclic) bond motifs is 3. The molecule has 0 saturated heterocycles. The van der Waals surface area contributed by atoms with E-state index in [0.29, 0.717) is 17.3 Å². The molecule has 1 unspecified atom stereocenters. The van der Waals surface area contributed by atoms with Gasteiger partial charge in [0.15, 0.2) is 0 Å². The molecule has 0 saturated carbocycles. The molecule has 2 aromatic carbocycles. The summed E-state index contributed by atoms with van der Waals surface area (Å²) in [7, 11) is 0. The van der Waals surface area contributed by atoms with Gasteiger partial charge in [0.25, 0.3) is 0 Å². The summed E-state index contributed by atoms with van der Waals surface area (Å²) in [5.41, 5.74) is 3.99. The molecule has 1 atom stereocenters. The van der Waals surface area contributed by atoms with E-state index in [9.17, 15) is 4.79 Å². The third kappa shape index (κ3) is 2.86. The molecule has 0 aliphatic carbocycles. The lowest BCUT2D eigenvalue weighted by atomic mass is 10.1. The second kappa shape index (κ2) is 6.89. The number of halogens is 1. The highest BCUT2D eigenvalue weighted by atomic mass is 35.5. The lowest BCUT2D eigenvalue weighted by Gasteiger charge is -2.30. The Kier molecular flexibility index (Phi) is 4.43. The second-order valence-electron chi connectivity index (χ2n) is 6.39. The van der Waals surface area contributed by atoms with Gasteiger partial charge in [-0.3, -0.25) is 0 Å². The Morgan fingerprint density at radius 1 is 1.12 bits per heavy atom. The third-order valence-electron chi connectivity index (χ3n) is 4.85. The lowest BCUT2D eigenvalue weighted by molar-refractivity contribution is 0.181. The van der Waals surface area contributed by atoms with Crippen molar-refractivity contribution in [2.45, 2.75) is 25.9 Å². The van der Waals surface area contributed by atoms with Crippen LogP contribution in [0, 0.1) is 0 Å². The van der Waals surface area contributed by atoms with Crippen LogP contribution >= 0.6 is 11.6 Å².